The van der Waals surface area contributed by atoms with Gasteiger partial charge in [0.05, 0.1) is 17.7 Å². The van der Waals surface area contributed by atoms with Crippen molar-refractivity contribution in [1.82, 2.24) is 0 Å². The zero-order valence-corrected chi connectivity index (χ0v) is 10.3. The smallest absolute Gasteiger partial charge is 0.490 e. The van der Waals surface area contributed by atoms with Crippen LogP contribution in [0.15, 0.2) is 18.2 Å². The van der Waals surface area contributed by atoms with E-state index in [-0.39, 0.29) is 17.4 Å². The molecule has 0 saturated heterocycles. The van der Waals surface area contributed by atoms with E-state index in [9.17, 15) is 18.3 Å². The van der Waals surface area contributed by atoms with E-state index in [0.29, 0.717) is 5.56 Å². The van der Waals surface area contributed by atoms with Gasteiger partial charge in [0, 0.05) is 0 Å². The molecule has 1 aromatic carbocycles. The summed E-state index contributed by atoms with van der Waals surface area (Å²) in [5.74, 6) is 0.242. The monoisotopic (exact) mass is 284 g/mol. The van der Waals surface area contributed by atoms with Gasteiger partial charge in [0.25, 0.3) is 0 Å². The van der Waals surface area contributed by atoms with Gasteiger partial charge < -0.3 is 9.84 Å². The Kier molecular flexibility index (Phi) is 5.25. The molecule has 1 atom stereocenters. The molecule has 1 N–H and O–H groups in total. The van der Waals surface area contributed by atoms with Crippen LogP contribution in [0.5, 0.6) is 5.75 Å². The van der Waals surface area contributed by atoms with E-state index in [4.69, 9.17) is 16.3 Å². The summed E-state index contributed by atoms with van der Waals surface area (Å²) in [5, 5.41) is 9.52. The van der Waals surface area contributed by atoms with Crippen LogP contribution in [0, 0.1) is 0 Å². The first-order valence-corrected chi connectivity index (χ1v) is 5.48. The third kappa shape index (κ3) is 5.12. The third-order valence-corrected chi connectivity index (χ3v) is 2.34. The molecule has 1 rings (SSSR count). The molecule has 0 amide bonds. The minimum atomic E-state index is -4.66. The van der Waals surface area contributed by atoms with Gasteiger partial charge in [-0.25, -0.2) is 0 Å². The SMILES string of the molecule is CC(O)c1ccc(OCCOC(F)(F)F)c(Cl)c1. The van der Waals surface area contributed by atoms with E-state index < -0.39 is 19.1 Å². The molecule has 1 aromatic rings. The Labute approximate surface area is 107 Å². The highest BCUT2D eigenvalue weighted by Crippen LogP contribution is 2.28. The highest BCUT2D eigenvalue weighted by Gasteiger charge is 2.28. The lowest BCUT2D eigenvalue weighted by Crippen LogP contribution is -2.18. The number of rotatable bonds is 5. The van der Waals surface area contributed by atoms with Gasteiger partial charge in [-0.1, -0.05) is 17.7 Å². The number of halogens is 4. The fourth-order valence-electron chi connectivity index (χ4n) is 1.20. The maximum Gasteiger partial charge on any atom is 0.522 e. The first-order chi connectivity index (χ1) is 8.29. The summed E-state index contributed by atoms with van der Waals surface area (Å²) in [5.41, 5.74) is 0.596. The molecule has 3 nitrogen and oxygen atoms in total. The van der Waals surface area contributed by atoms with Crippen molar-refractivity contribution in [2.75, 3.05) is 13.2 Å². The molecular formula is C11H12ClF3O3. The van der Waals surface area contributed by atoms with E-state index in [2.05, 4.69) is 4.74 Å². The number of alkyl halides is 3. The van der Waals surface area contributed by atoms with Gasteiger partial charge in [0.15, 0.2) is 0 Å². The van der Waals surface area contributed by atoms with E-state index in [1.165, 1.54) is 12.1 Å². The summed E-state index contributed by atoms with van der Waals surface area (Å²) in [7, 11) is 0. The Balaban J connectivity index is 2.48. The highest BCUT2D eigenvalue weighted by molar-refractivity contribution is 6.32. The normalized spacial score (nSPS) is 13.4. The first-order valence-electron chi connectivity index (χ1n) is 5.10. The summed E-state index contributed by atoms with van der Waals surface area (Å²) < 4.78 is 43.6. The summed E-state index contributed by atoms with van der Waals surface area (Å²) >= 11 is 5.84. The highest BCUT2D eigenvalue weighted by atomic mass is 35.5. The minimum Gasteiger partial charge on any atom is -0.490 e. The average Bonchev–Trinajstić information content (AvgIpc) is 2.24. The number of ether oxygens (including phenoxy) is 2. The predicted molar refractivity (Wildman–Crippen MR) is 59.6 cm³/mol. The van der Waals surface area contributed by atoms with Gasteiger partial charge in [-0.2, -0.15) is 0 Å². The fraction of sp³-hybridized carbons (Fsp3) is 0.455. The predicted octanol–water partition coefficient (Wildman–Crippen LogP) is 3.31. The van der Waals surface area contributed by atoms with Gasteiger partial charge in [-0.05, 0) is 24.6 Å². The van der Waals surface area contributed by atoms with E-state index >= 15 is 0 Å². The molecule has 18 heavy (non-hydrogen) atoms. The van der Waals surface area contributed by atoms with Crippen LogP contribution in [0.4, 0.5) is 13.2 Å². The van der Waals surface area contributed by atoms with Crippen molar-refractivity contribution >= 4 is 11.6 Å². The van der Waals surface area contributed by atoms with Crippen molar-refractivity contribution in [3.8, 4) is 5.75 Å². The average molecular weight is 285 g/mol. The van der Waals surface area contributed by atoms with Crippen LogP contribution >= 0.6 is 11.6 Å². The zero-order valence-electron chi connectivity index (χ0n) is 9.50. The Hall–Kier alpha value is -0.980. The summed E-state index contributed by atoms with van der Waals surface area (Å²) in [6.45, 7) is 0.689. The minimum absolute atomic E-state index is 0.223. The van der Waals surface area contributed by atoms with Crippen molar-refractivity contribution in [2.45, 2.75) is 19.4 Å². The topological polar surface area (TPSA) is 38.7 Å². The molecule has 0 aliphatic rings. The maximum absolute atomic E-state index is 11.7. The Morgan fingerprint density at radius 3 is 2.50 bits per heavy atom. The second-order valence-corrected chi connectivity index (χ2v) is 3.92. The van der Waals surface area contributed by atoms with Crippen LogP contribution < -0.4 is 4.74 Å². The molecule has 1 unspecified atom stereocenters. The maximum atomic E-state index is 11.7. The fourth-order valence-corrected chi connectivity index (χ4v) is 1.45. The molecule has 0 aliphatic carbocycles. The lowest BCUT2D eigenvalue weighted by atomic mass is 10.1. The van der Waals surface area contributed by atoms with Crippen LogP contribution in [-0.2, 0) is 4.74 Å². The molecule has 0 aliphatic heterocycles. The Morgan fingerprint density at radius 2 is 2.00 bits per heavy atom. The number of hydrogen-bond donors (Lipinski definition) is 1. The van der Waals surface area contributed by atoms with E-state index in [0.717, 1.165) is 0 Å². The van der Waals surface area contributed by atoms with Crippen LogP contribution in [0.1, 0.15) is 18.6 Å². The van der Waals surface area contributed by atoms with Gasteiger partial charge in [0.2, 0.25) is 0 Å². The van der Waals surface area contributed by atoms with Gasteiger partial charge in [-0.3, -0.25) is 4.74 Å². The second kappa shape index (κ2) is 6.26. The van der Waals surface area contributed by atoms with Crippen molar-refractivity contribution in [3.63, 3.8) is 0 Å². The molecule has 0 aromatic heterocycles. The molecule has 7 heteroatoms. The summed E-state index contributed by atoms with van der Waals surface area (Å²) in [6, 6.07) is 4.56. The lowest BCUT2D eigenvalue weighted by Gasteiger charge is -2.11. The molecule has 0 saturated carbocycles. The molecular weight excluding hydrogens is 273 g/mol. The van der Waals surface area contributed by atoms with Crippen molar-refractivity contribution < 1.29 is 27.8 Å². The van der Waals surface area contributed by atoms with Gasteiger partial charge in [-0.15, -0.1) is 13.2 Å². The lowest BCUT2D eigenvalue weighted by molar-refractivity contribution is -0.325. The zero-order chi connectivity index (χ0) is 13.8. The van der Waals surface area contributed by atoms with Crippen molar-refractivity contribution in [1.29, 1.82) is 0 Å². The molecule has 0 bridgehead atoms. The molecule has 0 spiro atoms. The molecule has 0 fully saturated rings. The Bertz CT molecular complexity index is 394. The largest absolute Gasteiger partial charge is 0.522 e. The molecule has 0 heterocycles. The molecule has 102 valence electrons. The summed E-state index contributed by atoms with van der Waals surface area (Å²) in [4.78, 5) is 0. The standard InChI is InChI=1S/C11H12ClF3O3/c1-7(16)8-2-3-10(9(12)6-8)17-4-5-18-11(13,14)15/h2-3,6-7,16H,4-5H2,1H3. The van der Waals surface area contributed by atoms with Crippen molar-refractivity contribution in [2.24, 2.45) is 0 Å². The quantitative estimate of drug-likeness (QED) is 0.843. The number of aliphatic hydroxyl groups excluding tert-OH is 1. The second-order valence-electron chi connectivity index (χ2n) is 3.51. The van der Waals surface area contributed by atoms with Crippen LogP contribution in [0.3, 0.4) is 0 Å². The third-order valence-electron chi connectivity index (χ3n) is 2.04. The molecule has 0 radical (unpaired) electrons. The number of benzene rings is 1. The van der Waals surface area contributed by atoms with E-state index in [1.807, 2.05) is 0 Å². The van der Waals surface area contributed by atoms with E-state index in [1.54, 1.807) is 13.0 Å². The van der Waals surface area contributed by atoms with Gasteiger partial charge >= 0.3 is 6.36 Å². The summed E-state index contributed by atoms with van der Waals surface area (Å²) in [6.07, 6.45) is -5.34. The van der Waals surface area contributed by atoms with Crippen LogP contribution in [-0.4, -0.2) is 24.7 Å². The Morgan fingerprint density at radius 1 is 1.33 bits per heavy atom. The van der Waals surface area contributed by atoms with Crippen molar-refractivity contribution in [3.05, 3.63) is 28.8 Å². The first kappa shape index (κ1) is 15.1. The van der Waals surface area contributed by atoms with Crippen LogP contribution in [0.25, 0.3) is 0 Å². The number of aliphatic hydroxyl groups is 1. The van der Waals surface area contributed by atoms with Gasteiger partial charge in [0.1, 0.15) is 12.4 Å². The van der Waals surface area contributed by atoms with Crippen LogP contribution in [0.2, 0.25) is 5.02 Å². The number of hydrogen-bond acceptors (Lipinski definition) is 3.